The summed E-state index contributed by atoms with van der Waals surface area (Å²) in [6.07, 6.45) is 3.75. The summed E-state index contributed by atoms with van der Waals surface area (Å²) in [5, 5.41) is 0. The van der Waals surface area contributed by atoms with Crippen molar-refractivity contribution in [3.05, 3.63) is 30.2 Å². The van der Waals surface area contributed by atoms with E-state index in [9.17, 15) is 9.18 Å². The van der Waals surface area contributed by atoms with Gasteiger partial charge in [-0.15, -0.1) is 0 Å². The van der Waals surface area contributed by atoms with Crippen LogP contribution in [-0.2, 0) is 0 Å². The lowest BCUT2D eigenvalue weighted by Crippen LogP contribution is -2.20. The number of alkyl halides is 1. The molecule has 100 valence electrons. The summed E-state index contributed by atoms with van der Waals surface area (Å²) in [6.45, 7) is 3.01. The monoisotopic (exact) mass is 261 g/mol. The number of pyridine rings is 1. The number of hydrogen-bond acceptors (Lipinski definition) is 3. The molecule has 0 saturated carbocycles. The minimum absolute atomic E-state index is 0.0743. The highest BCUT2D eigenvalue weighted by atomic mass is 19.1. The van der Waals surface area contributed by atoms with E-state index in [-0.39, 0.29) is 5.78 Å². The fourth-order valence-electron chi connectivity index (χ4n) is 2.51. The van der Waals surface area contributed by atoms with Gasteiger partial charge in [0.25, 0.3) is 0 Å². The SMILES string of the molecule is CCC(=O)c1cnc2cc(N3CCC(F)C3)ccn12. The number of imidazole rings is 1. The summed E-state index contributed by atoms with van der Waals surface area (Å²) in [6, 6.07) is 3.82. The maximum atomic E-state index is 13.2. The second-order valence-corrected chi connectivity index (χ2v) is 4.87. The molecule has 19 heavy (non-hydrogen) atoms. The molecule has 1 aliphatic rings. The number of aromatic nitrogens is 2. The Kier molecular flexibility index (Phi) is 2.97. The van der Waals surface area contributed by atoms with Crippen LogP contribution in [0.15, 0.2) is 24.5 Å². The molecule has 0 N–H and O–H groups in total. The van der Waals surface area contributed by atoms with Crippen molar-refractivity contribution in [3.63, 3.8) is 0 Å². The van der Waals surface area contributed by atoms with E-state index in [4.69, 9.17) is 0 Å². The van der Waals surface area contributed by atoms with Gasteiger partial charge in [0.2, 0.25) is 0 Å². The molecule has 4 nitrogen and oxygen atoms in total. The topological polar surface area (TPSA) is 37.6 Å². The van der Waals surface area contributed by atoms with Gasteiger partial charge in [-0.1, -0.05) is 6.92 Å². The Morgan fingerprint density at radius 3 is 3.11 bits per heavy atom. The van der Waals surface area contributed by atoms with Gasteiger partial charge in [0, 0.05) is 37.5 Å². The van der Waals surface area contributed by atoms with Crippen LogP contribution < -0.4 is 4.90 Å². The number of carbonyl (C=O) groups is 1. The molecule has 1 atom stereocenters. The number of halogens is 1. The Bertz CT molecular complexity index is 622. The minimum Gasteiger partial charge on any atom is -0.368 e. The third-order valence-corrected chi connectivity index (χ3v) is 3.60. The minimum atomic E-state index is -0.742. The van der Waals surface area contributed by atoms with Crippen molar-refractivity contribution >= 4 is 17.1 Å². The maximum absolute atomic E-state index is 13.2. The molecule has 1 unspecified atom stereocenters. The van der Waals surface area contributed by atoms with E-state index in [1.54, 1.807) is 10.6 Å². The standard InChI is InChI=1S/C14H16FN3O/c1-2-13(19)12-8-16-14-7-11(4-6-18(12)14)17-5-3-10(15)9-17/h4,6-8,10H,2-3,5,9H2,1H3. The average molecular weight is 261 g/mol. The van der Waals surface area contributed by atoms with Crippen LogP contribution in [-0.4, -0.2) is 34.4 Å². The van der Waals surface area contributed by atoms with Crippen LogP contribution in [0.5, 0.6) is 0 Å². The molecule has 0 spiro atoms. The zero-order valence-corrected chi connectivity index (χ0v) is 10.8. The number of nitrogens with zero attached hydrogens (tertiary/aromatic N) is 3. The van der Waals surface area contributed by atoms with E-state index in [2.05, 4.69) is 4.98 Å². The first-order valence-electron chi connectivity index (χ1n) is 6.58. The second kappa shape index (κ2) is 4.64. The van der Waals surface area contributed by atoms with Gasteiger partial charge in [0.05, 0.1) is 6.20 Å². The molecular weight excluding hydrogens is 245 g/mol. The van der Waals surface area contributed by atoms with E-state index in [1.165, 1.54) is 0 Å². The molecule has 2 aromatic heterocycles. The predicted molar refractivity (Wildman–Crippen MR) is 71.5 cm³/mol. The molecule has 0 aromatic carbocycles. The van der Waals surface area contributed by atoms with E-state index in [0.717, 1.165) is 17.9 Å². The largest absolute Gasteiger partial charge is 0.368 e. The molecule has 0 bridgehead atoms. The predicted octanol–water partition coefficient (Wildman–Crippen LogP) is 2.48. The summed E-state index contributed by atoms with van der Waals surface area (Å²) in [5.41, 5.74) is 2.30. The lowest BCUT2D eigenvalue weighted by atomic mass is 10.2. The van der Waals surface area contributed by atoms with E-state index >= 15 is 0 Å². The number of hydrogen-bond donors (Lipinski definition) is 0. The highest BCUT2D eigenvalue weighted by Crippen LogP contribution is 2.23. The third kappa shape index (κ3) is 2.09. The van der Waals surface area contributed by atoms with Crippen molar-refractivity contribution in [2.75, 3.05) is 18.0 Å². The van der Waals surface area contributed by atoms with Crippen LogP contribution in [0, 0.1) is 0 Å². The summed E-state index contributed by atoms with van der Waals surface area (Å²) in [7, 11) is 0. The van der Waals surface area contributed by atoms with Crippen LogP contribution >= 0.6 is 0 Å². The zero-order valence-electron chi connectivity index (χ0n) is 10.8. The van der Waals surface area contributed by atoms with Gasteiger partial charge in [-0.2, -0.15) is 0 Å². The number of carbonyl (C=O) groups excluding carboxylic acids is 1. The van der Waals surface area contributed by atoms with Crippen molar-refractivity contribution in [2.45, 2.75) is 25.9 Å². The lowest BCUT2D eigenvalue weighted by Gasteiger charge is -2.17. The fourth-order valence-corrected chi connectivity index (χ4v) is 2.51. The van der Waals surface area contributed by atoms with Gasteiger partial charge in [-0.05, 0) is 12.5 Å². The molecule has 2 aromatic rings. The molecule has 0 amide bonds. The van der Waals surface area contributed by atoms with Crippen LogP contribution in [0.2, 0.25) is 0 Å². The first-order chi connectivity index (χ1) is 9.19. The molecule has 1 aliphatic heterocycles. The molecule has 0 radical (unpaired) electrons. The first kappa shape index (κ1) is 12.1. The molecule has 3 heterocycles. The Labute approximate surface area is 110 Å². The van der Waals surface area contributed by atoms with Gasteiger partial charge in [-0.3, -0.25) is 9.20 Å². The molecule has 5 heteroatoms. The zero-order chi connectivity index (χ0) is 13.4. The second-order valence-electron chi connectivity index (χ2n) is 4.87. The Balaban J connectivity index is 1.96. The smallest absolute Gasteiger partial charge is 0.180 e. The maximum Gasteiger partial charge on any atom is 0.180 e. The molecule has 3 rings (SSSR count). The van der Waals surface area contributed by atoms with Crippen LogP contribution in [0.3, 0.4) is 0 Å². The Hall–Kier alpha value is -1.91. The van der Waals surface area contributed by atoms with Crippen LogP contribution in [0.4, 0.5) is 10.1 Å². The van der Waals surface area contributed by atoms with Gasteiger partial charge in [0.1, 0.15) is 17.5 Å². The third-order valence-electron chi connectivity index (χ3n) is 3.60. The molecule has 1 fully saturated rings. The highest BCUT2D eigenvalue weighted by Gasteiger charge is 2.22. The van der Waals surface area contributed by atoms with E-state index < -0.39 is 6.17 Å². The quantitative estimate of drug-likeness (QED) is 0.797. The van der Waals surface area contributed by atoms with E-state index in [0.29, 0.717) is 25.1 Å². The summed E-state index contributed by atoms with van der Waals surface area (Å²) in [4.78, 5) is 18.0. The van der Waals surface area contributed by atoms with Gasteiger partial charge < -0.3 is 4.90 Å². The van der Waals surface area contributed by atoms with Crippen molar-refractivity contribution in [1.82, 2.24) is 9.38 Å². The van der Waals surface area contributed by atoms with Crippen molar-refractivity contribution in [3.8, 4) is 0 Å². The molecule has 1 saturated heterocycles. The van der Waals surface area contributed by atoms with Crippen molar-refractivity contribution in [1.29, 1.82) is 0 Å². The van der Waals surface area contributed by atoms with Crippen molar-refractivity contribution < 1.29 is 9.18 Å². The lowest BCUT2D eigenvalue weighted by molar-refractivity contribution is 0.0982. The number of Topliss-reactive ketones (excluding diaryl/α,β-unsaturated/α-hetero) is 1. The number of rotatable bonds is 3. The van der Waals surface area contributed by atoms with Gasteiger partial charge in [-0.25, -0.2) is 9.37 Å². The van der Waals surface area contributed by atoms with Crippen molar-refractivity contribution in [2.24, 2.45) is 0 Å². The number of ketones is 1. The normalized spacial score (nSPS) is 19.3. The molecular formula is C14H16FN3O. The molecule has 0 aliphatic carbocycles. The average Bonchev–Trinajstić information content (AvgIpc) is 3.03. The van der Waals surface area contributed by atoms with Crippen LogP contribution in [0.25, 0.3) is 5.65 Å². The summed E-state index contributed by atoms with van der Waals surface area (Å²) in [5.74, 6) is 0.0743. The summed E-state index contributed by atoms with van der Waals surface area (Å²) < 4.78 is 15.0. The van der Waals surface area contributed by atoms with Crippen LogP contribution in [0.1, 0.15) is 30.3 Å². The first-order valence-corrected chi connectivity index (χ1v) is 6.58. The number of fused-ring (bicyclic) bond motifs is 1. The fraction of sp³-hybridized carbons (Fsp3) is 0.429. The number of anilines is 1. The summed E-state index contributed by atoms with van der Waals surface area (Å²) >= 11 is 0. The van der Waals surface area contributed by atoms with E-state index in [1.807, 2.05) is 30.2 Å². The Morgan fingerprint density at radius 1 is 1.58 bits per heavy atom. The Morgan fingerprint density at radius 2 is 2.42 bits per heavy atom. The van der Waals surface area contributed by atoms with Gasteiger partial charge in [0.15, 0.2) is 5.78 Å². The van der Waals surface area contributed by atoms with Gasteiger partial charge >= 0.3 is 0 Å². The highest BCUT2D eigenvalue weighted by molar-refractivity contribution is 5.95.